The van der Waals surface area contributed by atoms with Crippen molar-refractivity contribution in [3.63, 3.8) is 0 Å². The van der Waals surface area contributed by atoms with Gasteiger partial charge in [0, 0.05) is 69.7 Å². The maximum absolute atomic E-state index is 6.69. The highest BCUT2D eigenvalue weighted by atomic mass is 32.1. The Kier molecular flexibility index (Phi) is 7.71. The number of nitrogens with zero attached hydrogens (tertiary/aromatic N) is 4. The van der Waals surface area contributed by atoms with Crippen LogP contribution in [0, 0.1) is 0 Å². The molecule has 14 rings (SSSR count). The molecular weight excluding hydrogens is 813 g/mol. The van der Waals surface area contributed by atoms with Crippen LogP contribution in [0.15, 0.2) is 206 Å². The lowest BCUT2D eigenvalue weighted by Crippen LogP contribution is -2.32. The largest absolute Gasteiger partial charge is 0.457 e. The first kappa shape index (κ1) is 36.2. The van der Waals surface area contributed by atoms with Gasteiger partial charge < -0.3 is 4.74 Å². The number of ether oxygens (including phenoxy) is 1. The van der Waals surface area contributed by atoms with Gasteiger partial charge in [0.2, 0.25) is 0 Å². The third-order valence-corrected chi connectivity index (χ3v) is 14.6. The normalized spacial score (nSPS) is 13.2. The minimum Gasteiger partial charge on any atom is -0.457 e. The van der Waals surface area contributed by atoms with Gasteiger partial charge >= 0.3 is 0 Å². The van der Waals surface area contributed by atoms with E-state index in [1.54, 1.807) is 11.3 Å². The summed E-state index contributed by atoms with van der Waals surface area (Å²) in [4.78, 5) is 21.3. The van der Waals surface area contributed by atoms with Crippen LogP contribution in [0.3, 0.4) is 0 Å². The Balaban J connectivity index is 1.08. The van der Waals surface area contributed by atoms with Crippen LogP contribution < -0.4 is 4.74 Å². The van der Waals surface area contributed by atoms with Crippen molar-refractivity contribution in [1.29, 1.82) is 0 Å². The molecule has 5 nitrogen and oxygen atoms in total. The van der Waals surface area contributed by atoms with E-state index in [1.807, 2.05) is 18.2 Å². The van der Waals surface area contributed by atoms with E-state index in [0.29, 0.717) is 17.5 Å². The van der Waals surface area contributed by atoms with Gasteiger partial charge in [-0.2, -0.15) is 0 Å². The molecule has 0 unspecified atom stereocenters. The standard InChI is InChI=1S/C59H34N4OS/c1-3-16-35(17-4-1)54-41-31-32-47-53(40-21-7-9-24-44(40)59(47)45-25-10-12-27-49(45)64-50-28-13-11-26-46(50)59)52(41)43-34-37(30-33-48(43)60-54)57-61-56(36-18-5-2-6-19-36)62-58(63-57)42-23-15-22-39-38-20-8-14-29-51(38)65-55(39)42/h1-34H. The third kappa shape index (κ3) is 5.20. The molecule has 6 heteroatoms. The number of fused-ring (bicyclic) bond motifs is 16. The van der Waals surface area contributed by atoms with Gasteiger partial charge in [-0.15, -0.1) is 11.3 Å². The van der Waals surface area contributed by atoms with E-state index in [-0.39, 0.29) is 0 Å². The molecule has 0 fully saturated rings. The van der Waals surface area contributed by atoms with Crippen molar-refractivity contribution in [3.05, 3.63) is 229 Å². The highest BCUT2D eigenvalue weighted by Gasteiger charge is 2.51. The predicted molar refractivity (Wildman–Crippen MR) is 265 cm³/mol. The number of para-hydroxylation sites is 2. The summed E-state index contributed by atoms with van der Waals surface area (Å²) in [6, 6.07) is 73.0. The van der Waals surface area contributed by atoms with Crippen LogP contribution in [0.5, 0.6) is 11.5 Å². The van der Waals surface area contributed by atoms with Crippen molar-refractivity contribution in [2.24, 2.45) is 0 Å². The molecule has 65 heavy (non-hydrogen) atoms. The van der Waals surface area contributed by atoms with Crippen LogP contribution in [0.25, 0.3) is 98.4 Å². The molecule has 3 aromatic heterocycles. The first-order valence-corrected chi connectivity index (χ1v) is 22.7. The summed E-state index contributed by atoms with van der Waals surface area (Å²) in [7, 11) is 0. The minimum atomic E-state index is -0.618. The van der Waals surface area contributed by atoms with Crippen molar-refractivity contribution < 1.29 is 4.74 Å². The van der Waals surface area contributed by atoms with E-state index in [2.05, 4.69) is 188 Å². The van der Waals surface area contributed by atoms with Gasteiger partial charge in [0.1, 0.15) is 11.5 Å². The molecule has 9 aromatic carbocycles. The minimum absolute atomic E-state index is 0.603. The van der Waals surface area contributed by atoms with Crippen molar-refractivity contribution in [1.82, 2.24) is 19.9 Å². The SMILES string of the molecule is c1ccc(-c2nc(-c3ccc4nc(-c5ccccc5)c5ccc6c(c5c4c3)-c3ccccc3C63c4ccccc4Oc4ccccc43)nc(-c3cccc4c3sc3ccccc34)n2)cc1. The van der Waals surface area contributed by atoms with Crippen molar-refractivity contribution >= 4 is 53.2 Å². The zero-order valence-corrected chi connectivity index (χ0v) is 35.6. The molecule has 12 aromatic rings. The quantitative estimate of drug-likeness (QED) is 0.165. The summed E-state index contributed by atoms with van der Waals surface area (Å²) in [5, 5.41) is 5.69. The molecule has 0 saturated heterocycles. The lowest BCUT2D eigenvalue weighted by Gasteiger charge is -2.39. The number of hydrogen-bond acceptors (Lipinski definition) is 6. The molecule has 0 N–H and O–H groups in total. The summed E-state index contributed by atoms with van der Waals surface area (Å²) in [6.07, 6.45) is 0. The Labute approximate surface area is 378 Å². The highest BCUT2D eigenvalue weighted by Crippen LogP contribution is 2.63. The second-order valence-electron chi connectivity index (χ2n) is 16.8. The number of benzene rings is 9. The summed E-state index contributed by atoms with van der Waals surface area (Å²) >= 11 is 1.78. The van der Waals surface area contributed by atoms with Crippen LogP contribution in [-0.4, -0.2) is 19.9 Å². The molecule has 2 aliphatic rings. The summed E-state index contributed by atoms with van der Waals surface area (Å²) < 4.78 is 9.08. The second-order valence-corrected chi connectivity index (χ2v) is 17.9. The molecule has 0 radical (unpaired) electrons. The predicted octanol–water partition coefficient (Wildman–Crippen LogP) is 15.1. The van der Waals surface area contributed by atoms with Gasteiger partial charge in [0.25, 0.3) is 0 Å². The number of rotatable bonds is 4. The smallest absolute Gasteiger partial charge is 0.165 e. The zero-order valence-electron chi connectivity index (χ0n) is 34.7. The summed E-state index contributed by atoms with van der Waals surface area (Å²) in [5.41, 5.74) is 12.2. The lowest BCUT2D eigenvalue weighted by atomic mass is 9.66. The van der Waals surface area contributed by atoms with Crippen LogP contribution >= 0.6 is 11.3 Å². The third-order valence-electron chi connectivity index (χ3n) is 13.4. The molecular formula is C59H34N4OS. The maximum Gasteiger partial charge on any atom is 0.165 e. The van der Waals surface area contributed by atoms with E-state index in [1.165, 1.54) is 37.7 Å². The molecule has 0 atom stereocenters. The molecule has 0 amide bonds. The van der Waals surface area contributed by atoms with Crippen LogP contribution in [0.1, 0.15) is 22.3 Å². The van der Waals surface area contributed by atoms with E-state index >= 15 is 0 Å². The van der Waals surface area contributed by atoms with Crippen molar-refractivity contribution in [2.45, 2.75) is 5.41 Å². The molecule has 1 aliphatic heterocycles. The van der Waals surface area contributed by atoms with Crippen molar-refractivity contribution in [3.8, 4) is 68.0 Å². The van der Waals surface area contributed by atoms with Crippen molar-refractivity contribution in [2.75, 3.05) is 0 Å². The number of hydrogen-bond donors (Lipinski definition) is 0. The van der Waals surface area contributed by atoms with Gasteiger partial charge in [-0.25, -0.2) is 19.9 Å². The molecule has 4 heterocycles. The van der Waals surface area contributed by atoms with Gasteiger partial charge in [-0.1, -0.05) is 164 Å². The van der Waals surface area contributed by atoms with E-state index in [4.69, 9.17) is 24.7 Å². The van der Waals surface area contributed by atoms with Gasteiger partial charge in [0.05, 0.1) is 16.6 Å². The Morgan fingerprint density at radius 3 is 1.78 bits per heavy atom. The first-order chi connectivity index (χ1) is 32.2. The zero-order chi connectivity index (χ0) is 42.6. The fourth-order valence-corrected chi connectivity index (χ4v) is 11.9. The second kappa shape index (κ2) is 13.8. The molecule has 1 aliphatic carbocycles. The fraction of sp³-hybridized carbons (Fsp3) is 0.0169. The number of thiophene rings is 1. The van der Waals surface area contributed by atoms with E-state index in [0.717, 1.165) is 76.9 Å². The topological polar surface area (TPSA) is 60.8 Å². The number of pyridine rings is 1. The highest BCUT2D eigenvalue weighted by molar-refractivity contribution is 7.26. The molecule has 1 spiro atoms. The average molecular weight is 847 g/mol. The molecule has 0 bridgehead atoms. The first-order valence-electron chi connectivity index (χ1n) is 21.9. The summed E-state index contributed by atoms with van der Waals surface area (Å²) in [5.74, 6) is 3.60. The van der Waals surface area contributed by atoms with E-state index < -0.39 is 5.41 Å². The lowest BCUT2D eigenvalue weighted by molar-refractivity contribution is 0.436. The Bertz CT molecular complexity index is 3890. The van der Waals surface area contributed by atoms with E-state index in [9.17, 15) is 0 Å². The van der Waals surface area contributed by atoms with Gasteiger partial charge in [0.15, 0.2) is 17.5 Å². The van der Waals surface area contributed by atoms with Crippen LogP contribution in [0.2, 0.25) is 0 Å². The summed E-state index contributed by atoms with van der Waals surface area (Å²) in [6.45, 7) is 0. The maximum atomic E-state index is 6.69. The van der Waals surface area contributed by atoms with Gasteiger partial charge in [-0.3, -0.25) is 0 Å². The fourth-order valence-electron chi connectivity index (χ4n) is 10.7. The van der Waals surface area contributed by atoms with Gasteiger partial charge in [-0.05, 0) is 64.7 Å². The van der Waals surface area contributed by atoms with Crippen LogP contribution in [0.4, 0.5) is 0 Å². The molecule has 302 valence electrons. The Morgan fingerprint density at radius 2 is 1.00 bits per heavy atom. The average Bonchev–Trinajstić information content (AvgIpc) is 3.90. The Hall–Kier alpha value is -8.32. The molecule has 0 saturated carbocycles. The number of aromatic nitrogens is 4. The van der Waals surface area contributed by atoms with Crippen LogP contribution in [-0.2, 0) is 5.41 Å². The Morgan fingerprint density at radius 1 is 0.385 bits per heavy atom. The monoisotopic (exact) mass is 846 g/mol.